The van der Waals surface area contributed by atoms with Crippen LogP contribution in [0.15, 0.2) is 29.2 Å². The van der Waals surface area contributed by atoms with Crippen LogP contribution in [0.3, 0.4) is 0 Å². The largest absolute Gasteiger partial charge is 0.497 e. The molecule has 1 aromatic heterocycles. The summed E-state index contributed by atoms with van der Waals surface area (Å²) >= 11 is 1.50. The first-order chi connectivity index (χ1) is 9.42. The molecule has 7 heteroatoms. The summed E-state index contributed by atoms with van der Waals surface area (Å²) < 4.78 is 31.9. The summed E-state index contributed by atoms with van der Waals surface area (Å²) in [6.45, 7) is 4.03. The summed E-state index contributed by atoms with van der Waals surface area (Å²) in [6, 6.07) is 6.28. The van der Waals surface area contributed by atoms with Gasteiger partial charge in [-0.1, -0.05) is 0 Å². The lowest BCUT2D eigenvalue weighted by atomic mass is 10.3. The van der Waals surface area contributed by atoms with E-state index in [9.17, 15) is 8.42 Å². The van der Waals surface area contributed by atoms with Crippen LogP contribution in [0.2, 0.25) is 0 Å². The van der Waals surface area contributed by atoms with E-state index in [2.05, 4.69) is 9.71 Å². The monoisotopic (exact) mass is 312 g/mol. The average molecular weight is 312 g/mol. The highest BCUT2D eigenvalue weighted by molar-refractivity contribution is 7.89. The van der Waals surface area contributed by atoms with Crippen molar-refractivity contribution in [3.63, 3.8) is 0 Å². The van der Waals surface area contributed by atoms with Crippen LogP contribution in [0.5, 0.6) is 5.75 Å². The molecule has 2 aromatic rings. The lowest BCUT2D eigenvalue weighted by Crippen LogP contribution is -2.23. The summed E-state index contributed by atoms with van der Waals surface area (Å²) in [5.74, 6) is 0.623. The third kappa shape index (κ3) is 3.36. The highest BCUT2D eigenvalue weighted by Crippen LogP contribution is 2.19. The van der Waals surface area contributed by atoms with E-state index < -0.39 is 10.0 Å². The molecule has 0 saturated carbocycles. The molecular formula is C13H16N2O3S2. The fourth-order valence-corrected chi connectivity index (χ4v) is 3.70. The lowest BCUT2D eigenvalue weighted by molar-refractivity contribution is 0.414. The normalized spacial score (nSPS) is 11.6. The number of methoxy groups -OCH3 is 1. The van der Waals surface area contributed by atoms with Crippen molar-refractivity contribution in [3.05, 3.63) is 39.8 Å². The minimum Gasteiger partial charge on any atom is -0.497 e. The maximum absolute atomic E-state index is 12.2. The number of nitrogens with one attached hydrogen (secondary N) is 1. The summed E-state index contributed by atoms with van der Waals surface area (Å²) in [5.41, 5.74) is 0.866. The summed E-state index contributed by atoms with van der Waals surface area (Å²) in [4.78, 5) is 5.42. The lowest BCUT2D eigenvalue weighted by Gasteiger charge is -2.07. The Morgan fingerprint density at radius 1 is 1.25 bits per heavy atom. The topological polar surface area (TPSA) is 68.3 Å². The third-order valence-corrected chi connectivity index (χ3v) is 5.28. The summed E-state index contributed by atoms with van der Waals surface area (Å²) in [7, 11) is -1.98. The zero-order valence-corrected chi connectivity index (χ0v) is 13.1. The number of aryl methyl sites for hydroxylation is 2. The molecule has 20 heavy (non-hydrogen) atoms. The van der Waals surface area contributed by atoms with Crippen LogP contribution in [0.4, 0.5) is 0 Å². The van der Waals surface area contributed by atoms with Gasteiger partial charge in [-0.05, 0) is 38.1 Å². The fraction of sp³-hybridized carbons (Fsp3) is 0.308. The predicted octanol–water partition coefficient (Wildman–Crippen LogP) is 2.25. The smallest absolute Gasteiger partial charge is 0.240 e. The van der Waals surface area contributed by atoms with Crippen LogP contribution >= 0.6 is 11.3 Å². The van der Waals surface area contributed by atoms with Gasteiger partial charge in [-0.15, -0.1) is 11.3 Å². The van der Waals surface area contributed by atoms with Gasteiger partial charge in [0, 0.05) is 11.4 Å². The molecule has 0 fully saturated rings. The maximum Gasteiger partial charge on any atom is 0.240 e. The number of nitrogens with zero attached hydrogens (tertiary/aromatic N) is 1. The Kier molecular flexibility index (Phi) is 4.42. The Morgan fingerprint density at radius 2 is 1.90 bits per heavy atom. The van der Waals surface area contributed by atoms with Crippen molar-refractivity contribution >= 4 is 21.4 Å². The van der Waals surface area contributed by atoms with Gasteiger partial charge < -0.3 is 4.74 Å². The van der Waals surface area contributed by atoms with Gasteiger partial charge in [0.05, 0.1) is 22.7 Å². The molecule has 1 aromatic carbocycles. The molecule has 2 rings (SSSR count). The highest BCUT2D eigenvalue weighted by Gasteiger charge is 2.15. The van der Waals surface area contributed by atoms with Gasteiger partial charge in [0.1, 0.15) is 5.75 Å². The van der Waals surface area contributed by atoms with E-state index in [4.69, 9.17) is 4.74 Å². The molecule has 0 spiro atoms. The van der Waals surface area contributed by atoms with E-state index in [0.29, 0.717) is 5.75 Å². The SMILES string of the molecule is COc1ccc(S(=O)(=O)NCc2sc(C)nc2C)cc1. The van der Waals surface area contributed by atoms with Crippen molar-refractivity contribution in [1.29, 1.82) is 0 Å². The molecule has 0 aliphatic heterocycles. The van der Waals surface area contributed by atoms with Crippen LogP contribution < -0.4 is 9.46 Å². The number of benzene rings is 1. The molecule has 1 heterocycles. The standard InChI is InChI=1S/C13H16N2O3S2/c1-9-13(19-10(2)15-9)8-14-20(16,17)12-6-4-11(18-3)5-7-12/h4-7,14H,8H2,1-3H3. The third-order valence-electron chi connectivity index (χ3n) is 2.79. The first-order valence-corrected chi connectivity index (χ1v) is 8.29. The Bertz CT molecular complexity index is 691. The van der Waals surface area contributed by atoms with Gasteiger partial charge >= 0.3 is 0 Å². The van der Waals surface area contributed by atoms with Crippen molar-refractivity contribution in [3.8, 4) is 5.75 Å². The highest BCUT2D eigenvalue weighted by atomic mass is 32.2. The molecule has 0 saturated heterocycles. The van der Waals surface area contributed by atoms with Gasteiger partial charge in [-0.25, -0.2) is 18.1 Å². The molecule has 1 N–H and O–H groups in total. The Morgan fingerprint density at radius 3 is 2.40 bits per heavy atom. The Labute approximate surface area is 122 Å². The zero-order valence-electron chi connectivity index (χ0n) is 11.5. The number of hydrogen-bond acceptors (Lipinski definition) is 5. The van der Waals surface area contributed by atoms with Gasteiger partial charge in [-0.3, -0.25) is 0 Å². The first-order valence-electron chi connectivity index (χ1n) is 5.99. The van der Waals surface area contributed by atoms with Gasteiger partial charge in [0.15, 0.2) is 0 Å². The molecule has 0 aliphatic carbocycles. The maximum atomic E-state index is 12.2. The second-order valence-corrected chi connectivity index (χ2v) is 7.30. The van der Waals surface area contributed by atoms with E-state index in [1.54, 1.807) is 12.1 Å². The average Bonchev–Trinajstić information content (AvgIpc) is 2.75. The van der Waals surface area contributed by atoms with E-state index in [1.807, 2.05) is 13.8 Å². The van der Waals surface area contributed by atoms with Crippen molar-refractivity contribution in [2.75, 3.05) is 7.11 Å². The van der Waals surface area contributed by atoms with Gasteiger partial charge in [0.25, 0.3) is 0 Å². The number of ether oxygens (including phenoxy) is 1. The van der Waals surface area contributed by atoms with Crippen LogP contribution in [0.25, 0.3) is 0 Å². The molecule has 108 valence electrons. The Balaban J connectivity index is 2.12. The van der Waals surface area contributed by atoms with E-state index in [1.165, 1.54) is 30.6 Å². The van der Waals surface area contributed by atoms with Crippen LogP contribution in [-0.2, 0) is 16.6 Å². The van der Waals surface area contributed by atoms with Gasteiger partial charge in [0.2, 0.25) is 10.0 Å². The molecular weight excluding hydrogens is 296 g/mol. The first kappa shape index (κ1) is 15.0. The van der Waals surface area contributed by atoms with Gasteiger partial charge in [-0.2, -0.15) is 0 Å². The predicted molar refractivity (Wildman–Crippen MR) is 78.6 cm³/mol. The number of sulfonamides is 1. The quantitative estimate of drug-likeness (QED) is 0.919. The minimum atomic E-state index is -3.52. The molecule has 0 unspecified atom stereocenters. The molecule has 5 nitrogen and oxygen atoms in total. The number of hydrogen-bond donors (Lipinski definition) is 1. The van der Waals surface area contributed by atoms with Crippen molar-refractivity contribution in [1.82, 2.24) is 9.71 Å². The molecule has 0 amide bonds. The number of thiazole rings is 1. The second-order valence-electron chi connectivity index (χ2n) is 4.24. The second kappa shape index (κ2) is 5.90. The van der Waals surface area contributed by atoms with Crippen LogP contribution in [-0.4, -0.2) is 20.5 Å². The fourth-order valence-electron chi connectivity index (χ4n) is 1.74. The molecule has 0 atom stereocenters. The zero-order chi connectivity index (χ0) is 14.8. The molecule has 0 bridgehead atoms. The summed E-state index contributed by atoms with van der Waals surface area (Å²) in [6.07, 6.45) is 0. The number of rotatable bonds is 5. The van der Waals surface area contributed by atoms with Crippen LogP contribution in [0, 0.1) is 13.8 Å². The van der Waals surface area contributed by atoms with Crippen molar-refractivity contribution in [2.24, 2.45) is 0 Å². The van der Waals surface area contributed by atoms with Crippen molar-refractivity contribution < 1.29 is 13.2 Å². The van der Waals surface area contributed by atoms with E-state index >= 15 is 0 Å². The van der Waals surface area contributed by atoms with Crippen molar-refractivity contribution in [2.45, 2.75) is 25.3 Å². The van der Waals surface area contributed by atoms with Crippen LogP contribution in [0.1, 0.15) is 15.6 Å². The number of aromatic nitrogens is 1. The minimum absolute atomic E-state index is 0.220. The van der Waals surface area contributed by atoms with E-state index in [0.717, 1.165) is 15.6 Å². The molecule has 0 radical (unpaired) electrons. The molecule has 0 aliphatic rings. The Hall–Kier alpha value is -1.44. The van der Waals surface area contributed by atoms with E-state index in [-0.39, 0.29) is 11.4 Å². The summed E-state index contributed by atoms with van der Waals surface area (Å²) in [5, 5.41) is 0.932.